The predicted molar refractivity (Wildman–Crippen MR) is 67.0 cm³/mol. The second kappa shape index (κ2) is 16.8. The Morgan fingerprint density at radius 1 is 1.24 bits per heavy atom. The number of carbonyl (C=O) groups excluding carboxylic acids is 2. The lowest BCUT2D eigenvalue weighted by Crippen LogP contribution is -2.27. The third-order valence-corrected chi connectivity index (χ3v) is 0.918. The van der Waals surface area contributed by atoms with Gasteiger partial charge in [-0.3, -0.25) is 9.59 Å². The van der Waals surface area contributed by atoms with Gasteiger partial charge < -0.3 is 21.3 Å². The Balaban J connectivity index is -0.000000188. The van der Waals surface area contributed by atoms with Gasteiger partial charge in [0.05, 0.1) is 13.2 Å². The van der Waals surface area contributed by atoms with Crippen LogP contribution in [0.5, 0.6) is 0 Å². The zero-order chi connectivity index (χ0) is 14.3. The quantitative estimate of drug-likeness (QED) is 0.492. The lowest BCUT2D eigenvalue weighted by molar-refractivity contribution is -0.117. The van der Waals surface area contributed by atoms with Crippen molar-refractivity contribution in [2.24, 2.45) is 5.73 Å². The van der Waals surface area contributed by atoms with Crippen molar-refractivity contribution in [1.29, 1.82) is 0 Å². The van der Waals surface area contributed by atoms with E-state index in [9.17, 15) is 9.59 Å². The van der Waals surface area contributed by atoms with E-state index in [1.807, 2.05) is 13.8 Å². The highest BCUT2D eigenvalue weighted by atomic mass is 16.3. The van der Waals surface area contributed by atoms with Crippen LogP contribution in [0.25, 0.3) is 0 Å². The number of primary amides is 1. The molecule has 0 aromatic heterocycles. The van der Waals surface area contributed by atoms with Crippen molar-refractivity contribution in [3.05, 3.63) is 25.3 Å². The number of aliphatic hydroxyl groups is 2. The molecule has 100 valence electrons. The minimum absolute atomic E-state index is 0.111. The molecule has 0 radical (unpaired) electrons. The summed E-state index contributed by atoms with van der Waals surface area (Å²) in [6.45, 7) is 9.95. The van der Waals surface area contributed by atoms with Crippen molar-refractivity contribution in [2.75, 3.05) is 13.2 Å². The zero-order valence-electron chi connectivity index (χ0n) is 10.3. The van der Waals surface area contributed by atoms with Crippen LogP contribution in [0.4, 0.5) is 0 Å². The van der Waals surface area contributed by atoms with E-state index in [0.717, 1.165) is 6.08 Å². The number of aliphatic hydroxyl groups excluding tert-OH is 2. The van der Waals surface area contributed by atoms with Crippen molar-refractivity contribution in [3.8, 4) is 0 Å². The summed E-state index contributed by atoms with van der Waals surface area (Å²) in [4.78, 5) is 19.9. The molecule has 5 N–H and O–H groups in total. The number of rotatable bonds is 4. The molecule has 0 aliphatic heterocycles. The minimum atomic E-state index is -0.481. The lowest BCUT2D eigenvalue weighted by Gasteiger charge is -2.02. The van der Waals surface area contributed by atoms with E-state index < -0.39 is 5.91 Å². The van der Waals surface area contributed by atoms with Gasteiger partial charge in [-0.1, -0.05) is 13.2 Å². The van der Waals surface area contributed by atoms with Crippen LogP contribution < -0.4 is 11.1 Å². The normalized spacial score (nSPS) is 7.82. The van der Waals surface area contributed by atoms with Crippen LogP contribution in [0.15, 0.2) is 25.3 Å². The Bertz CT molecular complexity index is 226. The number of hydrogen-bond acceptors (Lipinski definition) is 4. The Morgan fingerprint density at radius 3 is 1.65 bits per heavy atom. The Labute approximate surface area is 102 Å². The average Bonchev–Trinajstić information content (AvgIpc) is 2.29. The van der Waals surface area contributed by atoms with E-state index in [-0.39, 0.29) is 25.2 Å². The molecule has 0 heterocycles. The van der Waals surface area contributed by atoms with Crippen LogP contribution in [0.3, 0.4) is 0 Å². The fraction of sp³-hybridized carbons (Fsp3) is 0.455. The molecule has 0 rings (SSSR count). The molecule has 0 atom stereocenters. The molecule has 0 aromatic rings. The number of amides is 2. The number of carbonyl (C=O) groups is 2. The summed E-state index contributed by atoms with van der Waals surface area (Å²) in [5.74, 6) is -0.593. The molecule has 0 saturated carbocycles. The van der Waals surface area contributed by atoms with Crippen LogP contribution in [-0.4, -0.2) is 41.3 Å². The third kappa shape index (κ3) is 40.5. The second-order valence-electron chi connectivity index (χ2n) is 2.92. The molecule has 0 spiro atoms. The molecule has 0 bridgehead atoms. The maximum absolute atomic E-state index is 10.4. The standard InChI is InChI=1S/C6H11NO.C3H5NO.C2H6O2/c1-4-6(8)7-5(2)3;1-2-3(4)5;3-1-2-4/h4-5H,1H2,2-3H3,(H,7,8);2H,1H2,(H2,4,5);3-4H,1-2H2. The molecule has 6 nitrogen and oxygen atoms in total. The second-order valence-corrected chi connectivity index (χ2v) is 2.92. The first-order valence-electron chi connectivity index (χ1n) is 4.92. The van der Waals surface area contributed by atoms with E-state index in [4.69, 9.17) is 10.2 Å². The highest BCUT2D eigenvalue weighted by Gasteiger charge is 1.93. The van der Waals surface area contributed by atoms with Gasteiger partial charge in [0.25, 0.3) is 0 Å². The van der Waals surface area contributed by atoms with E-state index in [2.05, 4.69) is 24.2 Å². The molecule has 0 aromatic carbocycles. The van der Waals surface area contributed by atoms with Crippen molar-refractivity contribution in [1.82, 2.24) is 5.32 Å². The zero-order valence-corrected chi connectivity index (χ0v) is 10.3. The summed E-state index contributed by atoms with van der Waals surface area (Å²) in [6, 6.07) is 0.209. The number of nitrogens with one attached hydrogen (secondary N) is 1. The smallest absolute Gasteiger partial charge is 0.243 e. The predicted octanol–water partition coefficient (Wildman–Crippen LogP) is -0.674. The molecule has 0 unspecified atom stereocenters. The first kappa shape index (κ1) is 20.7. The molecule has 0 aliphatic rings. The number of nitrogens with two attached hydrogens (primary N) is 1. The van der Waals surface area contributed by atoms with Gasteiger partial charge in [0.1, 0.15) is 0 Å². The van der Waals surface area contributed by atoms with Crippen LogP contribution in [0.2, 0.25) is 0 Å². The summed E-state index contributed by atoms with van der Waals surface area (Å²) in [6.07, 6.45) is 2.32. The van der Waals surface area contributed by atoms with Gasteiger partial charge in [-0.05, 0) is 26.0 Å². The summed E-state index contributed by atoms with van der Waals surface area (Å²) in [5, 5.41) is 17.9. The molecule has 0 fully saturated rings. The van der Waals surface area contributed by atoms with Crippen LogP contribution in [0.1, 0.15) is 13.8 Å². The summed E-state index contributed by atoms with van der Waals surface area (Å²) in [7, 11) is 0. The summed E-state index contributed by atoms with van der Waals surface area (Å²) < 4.78 is 0. The molecular formula is C11H22N2O4. The molecule has 6 heteroatoms. The largest absolute Gasteiger partial charge is 0.394 e. The maximum Gasteiger partial charge on any atom is 0.243 e. The first-order valence-corrected chi connectivity index (χ1v) is 4.92. The molecule has 0 aliphatic carbocycles. The fourth-order valence-corrected chi connectivity index (χ4v) is 0.343. The summed E-state index contributed by atoms with van der Waals surface area (Å²) >= 11 is 0. The van der Waals surface area contributed by atoms with Gasteiger partial charge in [-0.2, -0.15) is 0 Å². The molecule has 0 saturated heterocycles. The van der Waals surface area contributed by atoms with E-state index in [1.54, 1.807) is 0 Å². The topological polar surface area (TPSA) is 113 Å². The van der Waals surface area contributed by atoms with Gasteiger partial charge >= 0.3 is 0 Å². The molecule has 2 amide bonds. The average molecular weight is 246 g/mol. The van der Waals surface area contributed by atoms with Crippen molar-refractivity contribution >= 4 is 11.8 Å². The highest BCUT2D eigenvalue weighted by molar-refractivity contribution is 5.87. The van der Waals surface area contributed by atoms with Crippen LogP contribution in [-0.2, 0) is 9.59 Å². The van der Waals surface area contributed by atoms with Gasteiger partial charge in [0.2, 0.25) is 11.8 Å². The summed E-state index contributed by atoms with van der Waals surface area (Å²) in [5.41, 5.74) is 4.53. The van der Waals surface area contributed by atoms with Crippen molar-refractivity contribution in [2.45, 2.75) is 19.9 Å². The highest BCUT2D eigenvalue weighted by Crippen LogP contribution is 1.75. The maximum atomic E-state index is 10.4. The van der Waals surface area contributed by atoms with E-state index in [0.29, 0.717) is 0 Å². The Kier molecular flexibility index (Phi) is 20.4. The first-order chi connectivity index (χ1) is 7.85. The SMILES string of the molecule is C=CC(=O)NC(C)C.C=CC(N)=O.OCCO. The molecule has 17 heavy (non-hydrogen) atoms. The lowest BCUT2D eigenvalue weighted by atomic mass is 10.4. The fourth-order valence-electron chi connectivity index (χ4n) is 0.343. The number of hydrogen-bond donors (Lipinski definition) is 4. The van der Waals surface area contributed by atoms with Gasteiger partial charge in [-0.15, -0.1) is 0 Å². The van der Waals surface area contributed by atoms with E-state index in [1.165, 1.54) is 6.08 Å². The molecular weight excluding hydrogens is 224 g/mol. The van der Waals surface area contributed by atoms with Crippen molar-refractivity contribution in [3.63, 3.8) is 0 Å². The van der Waals surface area contributed by atoms with E-state index >= 15 is 0 Å². The monoisotopic (exact) mass is 246 g/mol. The minimum Gasteiger partial charge on any atom is -0.394 e. The Morgan fingerprint density at radius 2 is 1.59 bits per heavy atom. The van der Waals surface area contributed by atoms with Crippen LogP contribution in [0, 0.1) is 0 Å². The van der Waals surface area contributed by atoms with Crippen LogP contribution >= 0.6 is 0 Å². The van der Waals surface area contributed by atoms with Gasteiger partial charge in [0.15, 0.2) is 0 Å². The van der Waals surface area contributed by atoms with Crippen molar-refractivity contribution < 1.29 is 19.8 Å². The van der Waals surface area contributed by atoms with Gasteiger partial charge in [0, 0.05) is 6.04 Å². The Hall–Kier alpha value is -1.66. The third-order valence-electron chi connectivity index (χ3n) is 0.918. The van der Waals surface area contributed by atoms with Gasteiger partial charge in [-0.25, -0.2) is 0 Å².